The van der Waals surface area contributed by atoms with Crippen LogP contribution in [-0.2, 0) is 7.05 Å². The number of hydrogen-bond acceptors (Lipinski definition) is 4. The van der Waals surface area contributed by atoms with Crippen molar-refractivity contribution in [2.75, 3.05) is 19.6 Å². The molecule has 0 saturated carbocycles. The number of halogens is 1. The predicted molar refractivity (Wildman–Crippen MR) is 103 cm³/mol. The Labute approximate surface area is 154 Å². The third-order valence-electron chi connectivity index (χ3n) is 5.11. The highest BCUT2D eigenvalue weighted by Gasteiger charge is 2.26. The van der Waals surface area contributed by atoms with E-state index in [1.807, 2.05) is 13.1 Å². The van der Waals surface area contributed by atoms with E-state index >= 15 is 0 Å². The van der Waals surface area contributed by atoms with E-state index in [1.165, 1.54) is 0 Å². The third kappa shape index (κ3) is 3.89. The minimum atomic E-state index is -0.0232. The van der Waals surface area contributed by atoms with Crippen LogP contribution in [0.2, 0.25) is 5.02 Å². The molecule has 6 heteroatoms. The Morgan fingerprint density at radius 3 is 2.96 bits per heavy atom. The van der Waals surface area contributed by atoms with Gasteiger partial charge in [0.05, 0.1) is 16.9 Å². The SMILES string of the molecule is CCCC(c1nc2ccc(Cl)cc2c(=O)n1C)N1CCN[C@H](C)CC1. The molecule has 0 bridgehead atoms. The van der Waals surface area contributed by atoms with E-state index in [0.717, 1.165) is 50.2 Å². The summed E-state index contributed by atoms with van der Waals surface area (Å²) in [6.07, 6.45) is 3.16. The molecule has 2 heterocycles. The topological polar surface area (TPSA) is 50.2 Å². The highest BCUT2D eigenvalue weighted by Crippen LogP contribution is 2.26. The summed E-state index contributed by atoms with van der Waals surface area (Å²) in [6, 6.07) is 6.05. The largest absolute Gasteiger partial charge is 0.313 e. The van der Waals surface area contributed by atoms with Gasteiger partial charge in [-0.15, -0.1) is 0 Å². The van der Waals surface area contributed by atoms with Crippen molar-refractivity contribution in [3.63, 3.8) is 0 Å². The molecule has 25 heavy (non-hydrogen) atoms. The maximum absolute atomic E-state index is 12.8. The summed E-state index contributed by atoms with van der Waals surface area (Å²) in [5, 5.41) is 4.69. The van der Waals surface area contributed by atoms with Crippen molar-refractivity contribution >= 4 is 22.5 Å². The lowest BCUT2D eigenvalue weighted by Gasteiger charge is -2.31. The van der Waals surface area contributed by atoms with Crippen LogP contribution in [-0.4, -0.2) is 40.1 Å². The quantitative estimate of drug-likeness (QED) is 0.907. The number of rotatable bonds is 4. The smallest absolute Gasteiger partial charge is 0.261 e. The first-order valence-corrected chi connectivity index (χ1v) is 9.52. The average molecular weight is 363 g/mol. The lowest BCUT2D eigenvalue weighted by molar-refractivity contribution is 0.186. The van der Waals surface area contributed by atoms with Gasteiger partial charge < -0.3 is 5.32 Å². The van der Waals surface area contributed by atoms with Gasteiger partial charge in [0.2, 0.25) is 0 Å². The molecule has 1 aromatic heterocycles. The van der Waals surface area contributed by atoms with Crippen LogP contribution in [0.3, 0.4) is 0 Å². The summed E-state index contributed by atoms with van der Waals surface area (Å²) in [5.41, 5.74) is 0.704. The summed E-state index contributed by atoms with van der Waals surface area (Å²) >= 11 is 6.06. The van der Waals surface area contributed by atoms with E-state index in [9.17, 15) is 4.79 Å². The van der Waals surface area contributed by atoms with Gasteiger partial charge in [0, 0.05) is 37.7 Å². The lowest BCUT2D eigenvalue weighted by atomic mass is 10.1. The maximum atomic E-state index is 12.8. The number of nitrogens with one attached hydrogen (secondary N) is 1. The van der Waals surface area contributed by atoms with Gasteiger partial charge in [0.25, 0.3) is 5.56 Å². The minimum absolute atomic E-state index is 0.0232. The van der Waals surface area contributed by atoms with Gasteiger partial charge in [-0.2, -0.15) is 0 Å². The molecule has 136 valence electrons. The van der Waals surface area contributed by atoms with Crippen LogP contribution < -0.4 is 10.9 Å². The van der Waals surface area contributed by atoms with E-state index in [2.05, 4.69) is 24.1 Å². The predicted octanol–water partition coefficient (Wildman–Crippen LogP) is 3.11. The lowest BCUT2D eigenvalue weighted by Crippen LogP contribution is -2.36. The van der Waals surface area contributed by atoms with Crippen LogP contribution in [0.15, 0.2) is 23.0 Å². The number of benzene rings is 1. The van der Waals surface area contributed by atoms with Crippen LogP contribution >= 0.6 is 11.6 Å². The van der Waals surface area contributed by atoms with Crippen molar-refractivity contribution in [1.82, 2.24) is 19.8 Å². The van der Waals surface area contributed by atoms with E-state index in [4.69, 9.17) is 16.6 Å². The second kappa shape index (κ2) is 7.85. The molecule has 1 fully saturated rings. The van der Waals surface area contributed by atoms with E-state index in [1.54, 1.807) is 16.7 Å². The van der Waals surface area contributed by atoms with Gasteiger partial charge in [-0.3, -0.25) is 14.3 Å². The molecular weight excluding hydrogens is 336 g/mol. The standard InChI is InChI=1S/C19H27ClN4O/c1-4-5-17(24-10-8-13(2)21-9-11-24)18-22-16-7-6-14(20)12-15(16)19(25)23(18)3/h6-7,12-13,17,21H,4-5,8-11H2,1-3H3/t13-,17?/m1/s1. The van der Waals surface area contributed by atoms with Crippen molar-refractivity contribution in [2.24, 2.45) is 7.05 Å². The zero-order valence-corrected chi connectivity index (χ0v) is 16.0. The molecule has 1 aliphatic rings. The molecule has 1 saturated heterocycles. The summed E-state index contributed by atoms with van der Waals surface area (Å²) in [6.45, 7) is 7.38. The summed E-state index contributed by atoms with van der Waals surface area (Å²) in [4.78, 5) is 20.2. The number of hydrogen-bond donors (Lipinski definition) is 1. The fourth-order valence-electron chi connectivity index (χ4n) is 3.65. The van der Waals surface area contributed by atoms with Crippen LogP contribution in [0, 0.1) is 0 Å². The van der Waals surface area contributed by atoms with Gasteiger partial charge in [-0.25, -0.2) is 4.98 Å². The first-order chi connectivity index (χ1) is 12.0. The Morgan fingerprint density at radius 2 is 2.20 bits per heavy atom. The second-order valence-electron chi connectivity index (χ2n) is 6.98. The molecule has 1 aromatic carbocycles. The zero-order valence-electron chi connectivity index (χ0n) is 15.3. The van der Waals surface area contributed by atoms with Gasteiger partial charge in [-0.05, 0) is 38.0 Å². The number of aromatic nitrogens is 2. The molecule has 2 aromatic rings. The average Bonchev–Trinajstić information content (AvgIpc) is 2.81. The Balaban J connectivity index is 2.05. The van der Waals surface area contributed by atoms with Gasteiger partial charge in [-0.1, -0.05) is 24.9 Å². The molecule has 0 spiro atoms. The molecule has 5 nitrogen and oxygen atoms in total. The van der Waals surface area contributed by atoms with Crippen LogP contribution in [0.25, 0.3) is 10.9 Å². The fourth-order valence-corrected chi connectivity index (χ4v) is 3.82. The molecule has 3 rings (SSSR count). The van der Waals surface area contributed by atoms with Crippen LogP contribution in [0.5, 0.6) is 0 Å². The van der Waals surface area contributed by atoms with E-state index in [0.29, 0.717) is 16.5 Å². The van der Waals surface area contributed by atoms with Gasteiger partial charge in [0.1, 0.15) is 5.82 Å². The van der Waals surface area contributed by atoms with Crippen molar-refractivity contribution in [3.8, 4) is 0 Å². The van der Waals surface area contributed by atoms with E-state index < -0.39 is 0 Å². The molecule has 0 radical (unpaired) electrons. The highest BCUT2D eigenvalue weighted by molar-refractivity contribution is 6.31. The van der Waals surface area contributed by atoms with E-state index in [-0.39, 0.29) is 11.6 Å². The van der Waals surface area contributed by atoms with Crippen LogP contribution in [0.4, 0.5) is 0 Å². The zero-order chi connectivity index (χ0) is 18.0. The summed E-state index contributed by atoms with van der Waals surface area (Å²) in [5.74, 6) is 0.858. The molecular formula is C19H27ClN4O. The third-order valence-corrected chi connectivity index (χ3v) is 5.35. The molecule has 1 unspecified atom stereocenters. The number of fused-ring (bicyclic) bond motifs is 1. The molecule has 1 aliphatic heterocycles. The van der Waals surface area contributed by atoms with Crippen molar-refractivity contribution in [1.29, 1.82) is 0 Å². The number of nitrogens with zero attached hydrogens (tertiary/aromatic N) is 3. The molecule has 2 atom stereocenters. The molecule has 1 N–H and O–H groups in total. The Bertz CT molecular complexity index is 804. The normalized spacial score (nSPS) is 20.6. The molecule has 0 amide bonds. The first-order valence-electron chi connectivity index (χ1n) is 9.15. The minimum Gasteiger partial charge on any atom is -0.313 e. The van der Waals surface area contributed by atoms with Gasteiger partial charge in [0.15, 0.2) is 0 Å². The Hall–Kier alpha value is -1.43. The van der Waals surface area contributed by atoms with Crippen molar-refractivity contribution in [3.05, 3.63) is 39.4 Å². The van der Waals surface area contributed by atoms with Gasteiger partial charge >= 0.3 is 0 Å². The highest BCUT2D eigenvalue weighted by atomic mass is 35.5. The summed E-state index contributed by atoms with van der Waals surface area (Å²) in [7, 11) is 1.83. The summed E-state index contributed by atoms with van der Waals surface area (Å²) < 4.78 is 1.71. The first kappa shape index (κ1) is 18.4. The second-order valence-corrected chi connectivity index (χ2v) is 7.42. The monoisotopic (exact) mass is 362 g/mol. The Kier molecular flexibility index (Phi) is 5.77. The maximum Gasteiger partial charge on any atom is 0.261 e. The van der Waals surface area contributed by atoms with Crippen molar-refractivity contribution < 1.29 is 0 Å². The molecule has 0 aliphatic carbocycles. The van der Waals surface area contributed by atoms with Crippen molar-refractivity contribution in [2.45, 2.75) is 45.2 Å². The Morgan fingerprint density at radius 1 is 1.40 bits per heavy atom. The van der Waals surface area contributed by atoms with Crippen LogP contribution in [0.1, 0.15) is 45.0 Å². The fraction of sp³-hybridized carbons (Fsp3) is 0.579.